The maximum atomic E-state index is 13.8. The molecule has 1 unspecified atom stereocenters. The van der Waals surface area contributed by atoms with Crippen molar-refractivity contribution in [1.82, 2.24) is 10.6 Å². The van der Waals surface area contributed by atoms with Crippen molar-refractivity contribution in [2.45, 2.75) is 18.9 Å². The average Bonchev–Trinajstić information content (AvgIpc) is 2.80. The molecule has 1 aromatic heterocycles. The summed E-state index contributed by atoms with van der Waals surface area (Å²) in [5.41, 5.74) is 6.02. The van der Waals surface area contributed by atoms with E-state index in [1.165, 1.54) is 6.07 Å². The molecule has 2 amide bonds. The van der Waals surface area contributed by atoms with Crippen molar-refractivity contribution in [3.05, 3.63) is 28.9 Å². The summed E-state index contributed by atoms with van der Waals surface area (Å²) in [5.74, 6) is -1.08. The number of rotatable bonds is 2. The summed E-state index contributed by atoms with van der Waals surface area (Å²) in [6.07, 6.45) is 1.41. The molecule has 0 saturated carbocycles. The van der Waals surface area contributed by atoms with Crippen LogP contribution >= 0.6 is 11.3 Å². The molecule has 1 saturated heterocycles. The Hall–Kier alpha value is -2.15. The van der Waals surface area contributed by atoms with Gasteiger partial charge in [0.25, 0.3) is 5.91 Å². The minimum absolute atomic E-state index is 0.127. The second-order valence-corrected chi connectivity index (χ2v) is 5.97. The number of piperidine rings is 1. The van der Waals surface area contributed by atoms with Gasteiger partial charge in [-0.05, 0) is 25.0 Å². The molecule has 4 N–H and O–H groups in total. The van der Waals surface area contributed by atoms with Crippen LogP contribution in [0.1, 0.15) is 22.5 Å². The van der Waals surface area contributed by atoms with E-state index < -0.39 is 17.8 Å². The van der Waals surface area contributed by atoms with Crippen molar-refractivity contribution in [3.63, 3.8) is 0 Å². The Balaban J connectivity index is 1.89. The van der Waals surface area contributed by atoms with E-state index in [2.05, 4.69) is 10.6 Å². The molecule has 7 heteroatoms. The van der Waals surface area contributed by atoms with Crippen molar-refractivity contribution in [1.29, 1.82) is 0 Å². The van der Waals surface area contributed by atoms with E-state index >= 15 is 0 Å². The molecule has 3 rings (SSSR count). The van der Waals surface area contributed by atoms with E-state index in [9.17, 15) is 14.0 Å². The van der Waals surface area contributed by atoms with Crippen LogP contribution in [0.5, 0.6) is 0 Å². The minimum Gasteiger partial charge on any atom is -0.397 e. The third-order valence-corrected chi connectivity index (χ3v) is 4.67. The molecule has 1 aliphatic heterocycles. The van der Waals surface area contributed by atoms with Gasteiger partial charge in [0.05, 0.1) is 11.1 Å². The SMILES string of the molecule is Nc1c(C(=O)NC2CCCNC2=O)sc2cccc(F)c12. The third-order valence-electron chi connectivity index (χ3n) is 3.50. The zero-order valence-electron chi connectivity index (χ0n) is 11.1. The van der Waals surface area contributed by atoms with Gasteiger partial charge in [0.1, 0.15) is 16.7 Å². The lowest BCUT2D eigenvalue weighted by Crippen LogP contribution is -2.50. The van der Waals surface area contributed by atoms with E-state index in [-0.39, 0.29) is 21.9 Å². The first-order valence-corrected chi connectivity index (χ1v) is 7.44. The van der Waals surface area contributed by atoms with Crippen LogP contribution < -0.4 is 16.4 Å². The lowest BCUT2D eigenvalue weighted by molar-refractivity contribution is -0.124. The molecule has 1 fully saturated rings. The normalized spacial score (nSPS) is 18.5. The summed E-state index contributed by atoms with van der Waals surface area (Å²) < 4.78 is 14.4. The number of benzene rings is 1. The summed E-state index contributed by atoms with van der Waals surface area (Å²) in [4.78, 5) is 24.2. The maximum absolute atomic E-state index is 13.8. The quantitative estimate of drug-likeness (QED) is 0.788. The highest BCUT2D eigenvalue weighted by molar-refractivity contribution is 7.21. The van der Waals surface area contributed by atoms with Crippen LogP contribution in [0.2, 0.25) is 0 Å². The Morgan fingerprint density at radius 1 is 1.48 bits per heavy atom. The Bertz CT molecular complexity index is 728. The van der Waals surface area contributed by atoms with Crippen molar-refractivity contribution in [2.24, 2.45) is 0 Å². The molecule has 1 atom stereocenters. The second-order valence-electron chi connectivity index (χ2n) is 4.92. The largest absolute Gasteiger partial charge is 0.397 e. The van der Waals surface area contributed by atoms with Gasteiger partial charge < -0.3 is 16.4 Å². The van der Waals surface area contributed by atoms with Crippen LogP contribution in [0.4, 0.5) is 10.1 Å². The number of nitrogens with two attached hydrogens (primary N) is 1. The summed E-state index contributed by atoms with van der Waals surface area (Å²) in [7, 11) is 0. The number of anilines is 1. The van der Waals surface area contributed by atoms with Gasteiger partial charge in [-0.25, -0.2) is 4.39 Å². The van der Waals surface area contributed by atoms with E-state index in [1.807, 2.05) is 0 Å². The van der Waals surface area contributed by atoms with E-state index in [1.54, 1.807) is 12.1 Å². The van der Waals surface area contributed by atoms with Gasteiger partial charge in [-0.15, -0.1) is 11.3 Å². The third kappa shape index (κ3) is 2.44. The first-order valence-electron chi connectivity index (χ1n) is 6.63. The molecule has 110 valence electrons. The molecule has 2 aromatic rings. The molecule has 21 heavy (non-hydrogen) atoms. The molecular weight excluding hydrogens is 293 g/mol. The van der Waals surface area contributed by atoms with Gasteiger partial charge in [-0.2, -0.15) is 0 Å². The summed E-state index contributed by atoms with van der Waals surface area (Å²) in [6, 6.07) is 4.04. The highest BCUT2D eigenvalue weighted by atomic mass is 32.1. The van der Waals surface area contributed by atoms with Crippen LogP contribution in [-0.4, -0.2) is 24.4 Å². The van der Waals surface area contributed by atoms with E-state index in [4.69, 9.17) is 5.73 Å². The molecule has 0 radical (unpaired) electrons. The Morgan fingerprint density at radius 2 is 2.29 bits per heavy atom. The van der Waals surface area contributed by atoms with Gasteiger partial charge in [0.15, 0.2) is 0 Å². The molecule has 1 aliphatic rings. The molecule has 5 nitrogen and oxygen atoms in total. The fourth-order valence-electron chi connectivity index (χ4n) is 2.43. The number of hydrogen-bond donors (Lipinski definition) is 3. The Morgan fingerprint density at radius 3 is 3.00 bits per heavy atom. The number of nitrogens with one attached hydrogen (secondary N) is 2. The fraction of sp³-hybridized carbons (Fsp3) is 0.286. The second kappa shape index (κ2) is 5.33. The Labute approximate surface area is 124 Å². The first kappa shape index (κ1) is 13.8. The van der Waals surface area contributed by atoms with Gasteiger partial charge in [-0.1, -0.05) is 6.07 Å². The van der Waals surface area contributed by atoms with Gasteiger partial charge in [-0.3, -0.25) is 9.59 Å². The van der Waals surface area contributed by atoms with Crippen molar-refractivity contribution in [2.75, 3.05) is 12.3 Å². The van der Waals surface area contributed by atoms with Crippen LogP contribution in [-0.2, 0) is 4.79 Å². The number of halogens is 1. The van der Waals surface area contributed by atoms with Gasteiger partial charge in [0, 0.05) is 11.2 Å². The predicted molar refractivity (Wildman–Crippen MR) is 79.7 cm³/mol. The summed E-state index contributed by atoms with van der Waals surface area (Å²) in [5, 5.41) is 5.63. The summed E-state index contributed by atoms with van der Waals surface area (Å²) >= 11 is 1.13. The minimum atomic E-state index is -0.555. The zero-order valence-corrected chi connectivity index (χ0v) is 11.9. The molecule has 0 bridgehead atoms. The number of carbonyl (C=O) groups is 2. The van der Waals surface area contributed by atoms with Crippen molar-refractivity contribution >= 4 is 38.9 Å². The number of thiophene rings is 1. The number of amides is 2. The van der Waals surface area contributed by atoms with Gasteiger partial charge in [0.2, 0.25) is 5.91 Å². The maximum Gasteiger partial charge on any atom is 0.264 e. The van der Waals surface area contributed by atoms with E-state index in [0.29, 0.717) is 17.7 Å². The molecule has 2 heterocycles. The topological polar surface area (TPSA) is 84.2 Å². The number of nitrogen functional groups attached to an aromatic ring is 1. The van der Waals surface area contributed by atoms with E-state index in [0.717, 1.165) is 17.8 Å². The van der Waals surface area contributed by atoms with Crippen molar-refractivity contribution < 1.29 is 14.0 Å². The van der Waals surface area contributed by atoms with Crippen LogP contribution in [0.3, 0.4) is 0 Å². The molecular formula is C14H14FN3O2S. The monoisotopic (exact) mass is 307 g/mol. The zero-order chi connectivity index (χ0) is 15.0. The molecule has 0 aliphatic carbocycles. The smallest absolute Gasteiger partial charge is 0.264 e. The highest BCUT2D eigenvalue weighted by Crippen LogP contribution is 2.35. The fourth-order valence-corrected chi connectivity index (χ4v) is 3.47. The number of hydrogen-bond acceptors (Lipinski definition) is 4. The highest BCUT2D eigenvalue weighted by Gasteiger charge is 2.26. The standard InChI is InChI=1S/C14H14FN3O2S/c15-7-3-1-5-9-10(7)11(16)12(21-9)14(20)18-8-4-2-6-17-13(8)19/h1,3,5,8H,2,4,6,16H2,(H,17,19)(H,18,20). The number of carbonyl (C=O) groups excluding carboxylic acids is 2. The van der Waals surface area contributed by atoms with Crippen molar-refractivity contribution in [3.8, 4) is 0 Å². The van der Waals surface area contributed by atoms with Crippen LogP contribution in [0, 0.1) is 5.82 Å². The van der Waals surface area contributed by atoms with Crippen LogP contribution in [0.25, 0.3) is 10.1 Å². The molecule has 1 aromatic carbocycles. The molecule has 0 spiro atoms. The number of fused-ring (bicyclic) bond motifs is 1. The average molecular weight is 307 g/mol. The summed E-state index contributed by atoms with van der Waals surface area (Å²) in [6.45, 7) is 0.626. The van der Waals surface area contributed by atoms with Gasteiger partial charge >= 0.3 is 0 Å². The van der Waals surface area contributed by atoms with Crippen LogP contribution in [0.15, 0.2) is 18.2 Å². The predicted octanol–water partition coefficient (Wildman–Crippen LogP) is 1.63. The Kier molecular flexibility index (Phi) is 3.50. The lowest BCUT2D eigenvalue weighted by atomic mass is 10.1. The first-order chi connectivity index (χ1) is 10.1. The lowest BCUT2D eigenvalue weighted by Gasteiger charge is -2.22.